The highest BCUT2D eigenvalue weighted by Gasteiger charge is 2.21. The van der Waals surface area contributed by atoms with E-state index in [2.05, 4.69) is 18.8 Å². The highest BCUT2D eigenvalue weighted by Crippen LogP contribution is 2.27. The molecular weight excluding hydrogens is 282 g/mol. The number of fused-ring (bicyclic) bond motifs is 1. The van der Waals surface area contributed by atoms with E-state index in [0.29, 0.717) is 23.4 Å². The van der Waals surface area contributed by atoms with Crippen molar-refractivity contribution >= 4 is 23.3 Å². The summed E-state index contributed by atoms with van der Waals surface area (Å²) in [5, 5.41) is 0. The van der Waals surface area contributed by atoms with Crippen molar-refractivity contribution in [3.63, 3.8) is 0 Å². The van der Waals surface area contributed by atoms with E-state index in [0.717, 1.165) is 12.5 Å². The molecule has 110 valence electrons. The summed E-state index contributed by atoms with van der Waals surface area (Å²) >= 11 is 5.22. The lowest BCUT2D eigenvalue weighted by molar-refractivity contribution is 0.143. The van der Waals surface area contributed by atoms with Crippen LogP contribution in [-0.2, 0) is 11.3 Å². The van der Waals surface area contributed by atoms with Gasteiger partial charge < -0.3 is 14.3 Å². The minimum absolute atomic E-state index is 0.0911. The van der Waals surface area contributed by atoms with Crippen molar-refractivity contribution in [1.82, 2.24) is 9.55 Å². The number of methoxy groups -OCH3 is 1. The van der Waals surface area contributed by atoms with Crippen molar-refractivity contribution < 1.29 is 13.5 Å². The molecule has 0 fully saturated rings. The van der Waals surface area contributed by atoms with Gasteiger partial charge in [0.1, 0.15) is 11.3 Å². The number of H-pyrrole nitrogens is 1. The Hall–Kier alpha value is -1.27. The number of rotatable bonds is 5. The quantitative estimate of drug-likeness (QED) is 0.845. The van der Waals surface area contributed by atoms with Crippen molar-refractivity contribution in [3.8, 4) is 0 Å². The molecule has 3 nitrogen and oxygen atoms in total. The molecule has 1 N–H and O–H groups in total. The molecule has 0 spiro atoms. The van der Waals surface area contributed by atoms with E-state index in [-0.39, 0.29) is 10.9 Å². The molecule has 1 aromatic heterocycles. The number of benzene rings is 1. The molecule has 0 bridgehead atoms. The minimum Gasteiger partial charge on any atom is -0.385 e. The zero-order valence-electron chi connectivity index (χ0n) is 11.8. The molecule has 0 atom stereocenters. The third-order valence-corrected chi connectivity index (χ3v) is 3.69. The van der Waals surface area contributed by atoms with Crippen LogP contribution in [-0.4, -0.2) is 23.3 Å². The van der Waals surface area contributed by atoms with Crippen LogP contribution in [0.5, 0.6) is 0 Å². The fourth-order valence-corrected chi connectivity index (χ4v) is 2.49. The zero-order valence-corrected chi connectivity index (χ0v) is 12.6. The molecule has 0 aliphatic rings. The highest BCUT2D eigenvalue weighted by molar-refractivity contribution is 7.71. The van der Waals surface area contributed by atoms with Crippen molar-refractivity contribution in [2.24, 2.45) is 5.41 Å². The molecule has 0 saturated heterocycles. The van der Waals surface area contributed by atoms with E-state index in [1.807, 2.05) is 0 Å². The molecule has 2 rings (SSSR count). The second kappa shape index (κ2) is 5.61. The molecule has 0 saturated carbocycles. The molecule has 0 radical (unpaired) electrons. The standard InChI is InChI=1S/C14H18F2N2OS/c1-14(2,4-5-19-3)8-18-11-7-9(15)6-10(16)12(11)17-13(18)20/h6-7H,4-5,8H2,1-3H3,(H,17,20). The fraction of sp³-hybridized carbons (Fsp3) is 0.500. The Morgan fingerprint density at radius 2 is 2.05 bits per heavy atom. The topological polar surface area (TPSA) is 29.9 Å². The maximum Gasteiger partial charge on any atom is 0.178 e. The predicted molar refractivity (Wildman–Crippen MR) is 77.3 cm³/mol. The van der Waals surface area contributed by atoms with E-state index < -0.39 is 11.6 Å². The van der Waals surface area contributed by atoms with Crippen LogP contribution in [0.3, 0.4) is 0 Å². The van der Waals surface area contributed by atoms with Crippen LogP contribution < -0.4 is 0 Å². The normalized spacial score (nSPS) is 12.2. The number of ether oxygens (including phenoxy) is 1. The van der Waals surface area contributed by atoms with Gasteiger partial charge in [0.05, 0.1) is 5.52 Å². The first-order chi connectivity index (χ1) is 9.34. The van der Waals surface area contributed by atoms with Gasteiger partial charge in [-0.15, -0.1) is 0 Å². The Bertz CT molecular complexity index is 676. The lowest BCUT2D eigenvalue weighted by Crippen LogP contribution is -2.21. The van der Waals surface area contributed by atoms with Gasteiger partial charge in [-0.3, -0.25) is 0 Å². The average Bonchev–Trinajstić information content (AvgIpc) is 2.65. The molecule has 1 heterocycles. The van der Waals surface area contributed by atoms with Gasteiger partial charge in [-0.25, -0.2) is 8.78 Å². The molecule has 0 unspecified atom stereocenters. The molecule has 0 aliphatic carbocycles. The maximum absolute atomic E-state index is 13.7. The molecule has 2 aromatic rings. The second-order valence-corrected chi connectivity index (χ2v) is 6.09. The lowest BCUT2D eigenvalue weighted by Gasteiger charge is -2.25. The second-order valence-electron chi connectivity index (χ2n) is 5.71. The number of aromatic nitrogens is 2. The Morgan fingerprint density at radius 3 is 2.70 bits per heavy atom. The summed E-state index contributed by atoms with van der Waals surface area (Å²) in [7, 11) is 1.65. The first-order valence-corrected chi connectivity index (χ1v) is 6.81. The van der Waals surface area contributed by atoms with E-state index in [1.54, 1.807) is 11.7 Å². The Labute approximate surface area is 121 Å². The van der Waals surface area contributed by atoms with Crippen LogP contribution in [0.15, 0.2) is 12.1 Å². The van der Waals surface area contributed by atoms with E-state index in [1.165, 1.54) is 6.07 Å². The minimum atomic E-state index is -0.625. The summed E-state index contributed by atoms with van der Waals surface area (Å²) < 4.78 is 34.4. The van der Waals surface area contributed by atoms with Gasteiger partial charge in [0.2, 0.25) is 0 Å². The molecule has 20 heavy (non-hydrogen) atoms. The smallest absolute Gasteiger partial charge is 0.178 e. The first kappa shape index (κ1) is 15.1. The predicted octanol–water partition coefficient (Wildman–Crippen LogP) is 4.04. The van der Waals surface area contributed by atoms with Crippen LogP contribution >= 0.6 is 12.2 Å². The Morgan fingerprint density at radius 1 is 1.35 bits per heavy atom. The fourth-order valence-electron chi connectivity index (χ4n) is 2.22. The summed E-state index contributed by atoms with van der Waals surface area (Å²) in [6.07, 6.45) is 0.829. The number of hydrogen-bond acceptors (Lipinski definition) is 2. The number of nitrogens with one attached hydrogen (secondary N) is 1. The Kier molecular flexibility index (Phi) is 4.25. The maximum atomic E-state index is 13.7. The van der Waals surface area contributed by atoms with Gasteiger partial charge in [0.15, 0.2) is 10.6 Å². The van der Waals surface area contributed by atoms with E-state index in [9.17, 15) is 8.78 Å². The van der Waals surface area contributed by atoms with Crippen molar-refractivity contribution in [1.29, 1.82) is 0 Å². The average molecular weight is 300 g/mol. The van der Waals surface area contributed by atoms with Gasteiger partial charge >= 0.3 is 0 Å². The molecule has 1 aromatic carbocycles. The van der Waals surface area contributed by atoms with Crippen molar-refractivity contribution in [3.05, 3.63) is 28.5 Å². The lowest BCUT2D eigenvalue weighted by atomic mass is 9.89. The highest BCUT2D eigenvalue weighted by atomic mass is 32.1. The van der Waals surface area contributed by atoms with Gasteiger partial charge in [-0.05, 0) is 30.1 Å². The zero-order chi connectivity index (χ0) is 14.9. The van der Waals surface area contributed by atoms with Crippen LogP contribution in [0.4, 0.5) is 8.78 Å². The monoisotopic (exact) mass is 300 g/mol. The largest absolute Gasteiger partial charge is 0.385 e. The number of hydrogen-bond donors (Lipinski definition) is 1. The van der Waals surface area contributed by atoms with Crippen LogP contribution in [0.2, 0.25) is 0 Å². The van der Waals surface area contributed by atoms with Gasteiger partial charge in [-0.1, -0.05) is 13.8 Å². The molecule has 0 amide bonds. The third-order valence-electron chi connectivity index (χ3n) is 3.37. The first-order valence-electron chi connectivity index (χ1n) is 6.40. The molecule has 6 heteroatoms. The molecule has 0 aliphatic heterocycles. The third kappa shape index (κ3) is 3.07. The van der Waals surface area contributed by atoms with E-state index in [4.69, 9.17) is 17.0 Å². The van der Waals surface area contributed by atoms with Crippen LogP contribution in [0, 0.1) is 21.8 Å². The van der Waals surface area contributed by atoms with Crippen molar-refractivity contribution in [2.45, 2.75) is 26.8 Å². The summed E-state index contributed by atoms with van der Waals surface area (Å²) in [5.74, 6) is -1.23. The summed E-state index contributed by atoms with van der Waals surface area (Å²) in [5.41, 5.74) is 0.614. The van der Waals surface area contributed by atoms with Crippen LogP contribution in [0.25, 0.3) is 11.0 Å². The van der Waals surface area contributed by atoms with Crippen molar-refractivity contribution in [2.75, 3.05) is 13.7 Å². The van der Waals surface area contributed by atoms with Crippen LogP contribution in [0.1, 0.15) is 20.3 Å². The number of imidazole rings is 1. The number of halogens is 2. The summed E-state index contributed by atoms with van der Waals surface area (Å²) in [6.45, 7) is 5.34. The SMILES string of the molecule is COCCC(C)(C)Cn1c(=S)[nH]c2c(F)cc(F)cc21. The molecular formula is C14H18F2N2OS. The Balaban J connectivity index is 2.44. The van der Waals surface area contributed by atoms with E-state index >= 15 is 0 Å². The number of nitrogens with zero attached hydrogens (tertiary/aromatic N) is 1. The van der Waals surface area contributed by atoms with Gasteiger partial charge in [0.25, 0.3) is 0 Å². The summed E-state index contributed by atoms with van der Waals surface area (Å²) in [4.78, 5) is 2.81. The number of aromatic amines is 1. The van der Waals surface area contributed by atoms with Gasteiger partial charge in [-0.2, -0.15) is 0 Å². The van der Waals surface area contributed by atoms with Gasteiger partial charge in [0, 0.05) is 26.3 Å². The summed E-state index contributed by atoms with van der Waals surface area (Å²) in [6, 6.07) is 2.16.